The van der Waals surface area contributed by atoms with Crippen LogP contribution in [0.5, 0.6) is 5.75 Å². The molecule has 3 aromatic rings. The number of rotatable bonds is 5. The lowest BCUT2D eigenvalue weighted by molar-refractivity contribution is 0.475. The van der Waals surface area contributed by atoms with E-state index in [9.17, 15) is 13.5 Å². The van der Waals surface area contributed by atoms with E-state index in [0.717, 1.165) is 17.7 Å². The standard InChI is InChI=1S/C25H25NO3S/c1-3-23-25-18(2)8-6-10-22(25)21-9-4-5-11-24(21)26(23)16-7-17-30(28,29)20-14-12-19(27)13-15-20/h4-16,23,27H,3,17H2,1-2H3. The van der Waals surface area contributed by atoms with Gasteiger partial charge in [0.25, 0.3) is 0 Å². The first kappa shape index (κ1) is 20.2. The van der Waals surface area contributed by atoms with Crippen molar-refractivity contribution >= 4 is 15.5 Å². The van der Waals surface area contributed by atoms with E-state index in [-0.39, 0.29) is 22.4 Å². The number of aryl methyl sites for hydroxylation is 1. The molecule has 1 heterocycles. The number of phenols is 1. The molecule has 1 N–H and O–H groups in total. The summed E-state index contributed by atoms with van der Waals surface area (Å²) < 4.78 is 25.4. The third-order valence-electron chi connectivity index (χ3n) is 5.63. The third-order valence-corrected chi connectivity index (χ3v) is 7.25. The Labute approximate surface area is 178 Å². The zero-order valence-electron chi connectivity index (χ0n) is 17.1. The summed E-state index contributed by atoms with van der Waals surface area (Å²) in [4.78, 5) is 2.40. The molecule has 30 heavy (non-hydrogen) atoms. The van der Waals surface area contributed by atoms with E-state index in [2.05, 4.69) is 49.1 Å². The van der Waals surface area contributed by atoms with Crippen molar-refractivity contribution in [3.8, 4) is 16.9 Å². The molecule has 0 spiro atoms. The van der Waals surface area contributed by atoms with Gasteiger partial charge in [-0.15, -0.1) is 0 Å². The van der Waals surface area contributed by atoms with Gasteiger partial charge >= 0.3 is 0 Å². The molecular weight excluding hydrogens is 394 g/mol. The van der Waals surface area contributed by atoms with Gasteiger partial charge in [0.15, 0.2) is 9.84 Å². The second-order valence-corrected chi connectivity index (χ2v) is 9.58. The summed E-state index contributed by atoms with van der Waals surface area (Å²) in [5, 5.41) is 9.40. The first-order chi connectivity index (χ1) is 14.4. The number of para-hydroxylation sites is 1. The van der Waals surface area contributed by atoms with Crippen LogP contribution in [0.1, 0.15) is 30.5 Å². The Morgan fingerprint density at radius 1 is 0.967 bits per heavy atom. The lowest BCUT2D eigenvalue weighted by Gasteiger charge is -2.38. The van der Waals surface area contributed by atoms with E-state index in [4.69, 9.17) is 0 Å². The number of hydrogen-bond donors (Lipinski definition) is 1. The van der Waals surface area contributed by atoms with Gasteiger partial charge in [0.05, 0.1) is 16.7 Å². The molecule has 0 saturated carbocycles. The molecule has 1 aliphatic heterocycles. The van der Waals surface area contributed by atoms with E-state index in [1.54, 1.807) is 6.08 Å². The Kier molecular flexibility index (Phi) is 5.39. The van der Waals surface area contributed by atoms with Crippen LogP contribution in [-0.4, -0.2) is 19.3 Å². The van der Waals surface area contributed by atoms with Crippen LogP contribution < -0.4 is 4.90 Å². The highest BCUT2D eigenvalue weighted by Crippen LogP contribution is 2.47. The SMILES string of the molecule is CCC1c2c(C)cccc2-c2ccccc2N1C=CCS(=O)(=O)c1ccc(O)cc1. The van der Waals surface area contributed by atoms with Crippen molar-refractivity contribution in [2.75, 3.05) is 10.7 Å². The van der Waals surface area contributed by atoms with E-state index in [0.29, 0.717) is 0 Å². The summed E-state index contributed by atoms with van der Waals surface area (Å²) >= 11 is 0. The third kappa shape index (κ3) is 3.61. The highest BCUT2D eigenvalue weighted by molar-refractivity contribution is 7.91. The summed E-state index contributed by atoms with van der Waals surface area (Å²) in [6, 6.07) is 20.4. The minimum absolute atomic E-state index is 0.0502. The number of nitrogens with zero attached hydrogens (tertiary/aromatic N) is 1. The highest BCUT2D eigenvalue weighted by Gasteiger charge is 2.29. The van der Waals surface area contributed by atoms with Gasteiger partial charge in [-0.05, 0) is 60.4 Å². The largest absolute Gasteiger partial charge is 0.508 e. The summed E-state index contributed by atoms with van der Waals surface area (Å²) in [5.41, 5.74) is 6.03. The predicted octanol–water partition coefficient (Wildman–Crippen LogP) is 5.63. The molecule has 1 unspecified atom stereocenters. The van der Waals surface area contributed by atoms with Crippen LogP contribution in [0.25, 0.3) is 11.1 Å². The number of hydrogen-bond acceptors (Lipinski definition) is 4. The average molecular weight is 420 g/mol. The molecule has 1 aliphatic rings. The van der Waals surface area contributed by atoms with E-state index < -0.39 is 9.84 Å². The fourth-order valence-electron chi connectivity index (χ4n) is 4.21. The van der Waals surface area contributed by atoms with Gasteiger partial charge in [0.1, 0.15) is 5.75 Å². The monoisotopic (exact) mass is 419 g/mol. The van der Waals surface area contributed by atoms with Crippen molar-refractivity contribution in [3.05, 3.63) is 90.1 Å². The van der Waals surface area contributed by atoms with Crippen molar-refractivity contribution in [2.45, 2.75) is 31.2 Å². The van der Waals surface area contributed by atoms with Crippen LogP contribution in [0.3, 0.4) is 0 Å². The molecule has 4 rings (SSSR count). The zero-order valence-corrected chi connectivity index (χ0v) is 17.9. The topological polar surface area (TPSA) is 57.6 Å². The van der Waals surface area contributed by atoms with Gasteiger partial charge in [-0.2, -0.15) is 0 Å². The van der Waals surface area contributed by atoms with E-state index >= 15 is 0 Å². The summed E-state index contributed by atoms with van der Waals surface area (Å²) in [7, 11) is -3.47. The van der Waals surface area contributed by atoms with Crippen LogP contribution in [0.15, 0.2) is 83.9 Å². The highest BCUT2D eigenvalue weighted by atomic mass is 32.2. The minimum Gasteiger partial charge on any atom is -0.508 e. The van der Waals surface area contributed by atoms with Gasteiger partial charge < -0.3 is 10.0 Å². The van der Waals surface area contributed by atoms with Gasteiger partial charge in [0.2, 0.25) is 0 Å². The maximum absolute atomic E-state index is 12.7. The zero-order chi connectivity index (χ0) is 21.3. The Bertz CT molecular complexity index is 1200. The second-order valence-electron chi connectivity index (χ2n) is 7.54. The van der Waals surface area contributed by atoms with Gasteiger partial charge in [-0.1, -0.05) is 49.4 Å². The fourth-order valence-corrected chi connectivity index (χ4v) is 5.29. The van der Waals surface area contributed by atoms with E-state index in [1.807, 2.05) is 18.3 Å². The summed E-state index contributed by atoms with van der Waals surface area (Å²) in [6.07, 6.45) is 4.52. The summed E-state index contributed by atoms with van der Waals surface area (Å²) in [5.74, 6) is -0.0534. The fraction of sp³-hybridized carbons (Fsp3) is 0.200. The number of anilines is 1. The van der Waals surface area contributed by atoms with Crippen LogP contribution >= 0.6 is 0 Å². The van der Waals surface area contributed by atoms with Crippen LogP contribution in [0, 0.1) is 6.92 Å². The van der Waals surface area contributed by atoms with Crippen molar-refractivity contribution < 1.29 is 13.5 Å². The molecule has 5 heteroatoms. The van der Waals surface area contributed by atoms with Gasteiger partial charge in [-0.25, -0.2) is 8.42 Å². The van der Waals surface area contributed by atoms with Crippen LogP contribution in [-0.2, 0) is 9.84 Å². The second kappa shape index (κ2) is 8.00. The first-order valence-electron chi connectivity index (χ1n) is 10.1. The Morgan fingerprint density at radius 3 is 2.40 bits per heavy atom. The molecule has 0 saturated heterocycles. The smallest absolute Gasteiger partial charge is 0.181 e. The van der Waals surface area contributed by atoms with Gasteiger partial charge in [-0.3, -0.25) is 0 Å². The van der Waals surface area contributed by atoms with Crippen LogP contribution in [0.4, 0.5) is 5.69 Å². The minimum atomic E-state index is -3.47. The van der Waals surface area contributed by atoms with Crippen molar-refractivity contribution in [1.29, 1.82) is 0 Å². The number of aromatic hydroxyl groups is 1. The average Bonchev–Trinajstić information content (AvgIpc) is 2.74. The Morgan fingerprint density at radius 2 is 1.67 bits per heavy atom. The van der Waals surface area contributed by atoms with Crippen molar-refractivity contribution in [1.82, 2.24) is 0 Å². The molecule has 0 aliphatic carbocycles. The quantitative estimate of drug-likeness (QED) is 0.583. The molecule has 3 aromatic carbocycles. The van der Waals surface area contributed by atoms with Crippen molar-refractivity contribution in [3.63, 3.8) is 0 Å². The molecule has 0 bridgehead atoms. The molecular formula is C25H25NO3S. The molecule has 1 atom stereocenters. The molecule has 0 amide bonds. The van der Waals surface area contributed by atoms with Crippen molar-refractivity contribution in [2.24, 2.45) is 0 Å². The normalized spacial score (nSPS) is 15.8. The lowest BCUT2D eigenvalue weighted by atomic mass is 9.84. The lowest BCUT2D eigenvalue weighted by Crippen LogP contribution is -2.28. The number of phenolic OH excluding ortho intramolecular Hbond substituents is 1. The number of fused-ring (bicyclic) bond motifs is 3. The maximum Gasteiger partial charge on any atom is 0.181 e. The summed E-state index contributed by atoms with van der Waals surface area (Å²) in [6.45, 7) is 4.29. The Balaban J connectivity index is 1.70. The molecule has 4 nitrogen and oxygen atoms in total. The number of sulfone groups is 1. The van der Waals surface area contributed by atoms with Crippen LogP contribution in [0.2, 0.25) is 0 Å². The first-order valence-corrected chi connectivity index (χ1v) is 11.7. The molecule has 154 valence electrons. The van der Waals surface area contributed by atoms with E-state index in [1.165, 1.54) is 41.0 Å². The number of benzene rings is 3. The maximum atomic E-state index is 12.7. The Hall–Kier alpha value is -3.05. The molecule has 0 fully saturated rings. The molecule has 0 radical (unpaired) electrons. The molecule has 0 aromatic heterocycles. The van der Waals surface area contributed by atoms with Gasteiger partial charge in [0, 0.05) is 17.5 Å². The predicted molar refractivity (Wildman–Crippen MR) is 121 cm³/mol.